The van der Waals surface area contributed by atoms with Crippen LogP contribution in [0.2, 0.25) is 0 Å². The number of rotatable bonds is 3. The predicted molar refractivity (Wildman–Crippen MR) is 115 cm³/mol. The molecule has 0 spiro atoms. The first-order valence-electron chi connectivity index (χ1n) is 10.2. The molecule has 0 saturated heterocycles. The van der Waals surface area contributed by atoms with Crippen LogP contribution in [0.25, 0.3) is 33.6 Å². The maximum Gasteiger partial charge on any atom is 0.128 e. The second-order valence-corrected chi connectivity index (χ2v) is 8.31. The zero-order valence-corrected chi connectivity index (χ0v) is 17.2. The first-order valence-corrected chi connectivity index (χ1v) is 10.2. The van der Waals surface area contributed by atoms with Crippen molar-refractivity contribution in [2.24, 2.45) is 0 Å². The summed E-state index contributed by atoms with van der Waals surface area (Å²) in [6.45, 7) is 7.25. The Labute approximate surface area is 174 Å². The molecule has 2 N–H and O–H groups in total. The number of imidazole rings is 2. The van der Waals surface area contributed by atoms with Gasteiger partial charge in [0.05, 0.1) is 23.8 Å². The lowest BCUT2D eigenvalue weighted by Crippen LogP contribution is -2.15. The molecule has 4 aromatic rings. The topological polar surface area (TPSA) is 75.8 Å². The van der Waals surface area contributed by atoms with Crippen molar-refractivity contribution in [1.82, 2.24) is 19.9 Å². The van der Waals surface area contributed by atoms with E-state index in [-0.39, 0.29) is 0 Å². The number of aromatic nitrogens is 4. The van der Waals surface area contributed by atoms with Gasteiger partial charge >= 0.3 is 0 Å². The lowest BCUT2D eigenvalue weighted by atomic mass is 9.87. The van der Waals surface area contributed by atoms with Gasteiger partial charge in [-0.15, -0.1) is 0 Å². The van der Waals surface area contributed by atoms with Crippen LogP contribution in [0.1, 0.15) is 42.5 Å². The minimum Gasteiger partial charge on any atom is -0.488 e. The van der Waals surface area contributed by atoms with Crippen LogP contribution in [0.5, 0.6) is 11.5 Å². The number of nitrogens with one attached hydrogen (secondary N) is 2. The third-order valence-corrected chi connectivity index (χ3v) is 5.85. The smallest absolute Gasteiger partial charge is 0.128 e. The van der Waals surface area contributed by atoms with Crippen LogP contribution in [0, 0.1) is 6.92 Å². The van der Waals surface area contributed by atoms with Crippen LogP contribution < -0.4 is 9.47 Å². The number of hydrogen-bond donors (Lipinski definition) is 2. The average molecular weight is 398 g/mol. The van der Waals surface area contributed by atoms with Gasteiger partial charge in [0.2, 0.25) is 0 Å². The van der Waals surface area contributed by atoms with Crippen molar-refractivity contribution in [3.05, 3.63) is 59.4 Å². The Morgan fingerprint density at radius 2 is 1.37 bits per heavy atom. The van der Waals surface area contributed by atoms with Crippen molar-refractivity contribution >= 4 is 0 Å². The normalized spacial score (nSPS) is 13.7. The van der Waals surface area contributed by atoms with Gasteiger partial charge in [-0.1, -0.05) is 13.8 Å². The summed E-state index contributed by atoms with van der Waals surface area (Å²) in [5, 5.41) is 0. The number of benzene rings is 2. The largest absolute Gasteiger partial charge is 0.488 e. The molecule has 0 saturated carbocycles. The van der Waals surface area contributed by atoms with Gasteiger partial charge in [-0.25, -0.2) is 9.97 Å². The van der Waals surface area contributed by atoms with E-state index in [2.05, 4.69) is 58.0 Å². The lowest BCUT2D eigenvalue weighted by molar-refractivity contribution is 0.278. The van der Waals surface area contributed by atoms with Gasteiger partial charge in [0, 0.05) is 39.3 Å². The Kier molecular flexibility index (Phi) is 3.60. The standard InChI is InChI=1S/C24H22N4O2/c1-12(2)24-26-9-19(28-24)15-5-17-11-29-20-6-14(18-8-25-13(3)27-18)4-16-10-30-21(7-15)23(17)22(16)20/h4-9,12H,10-11H2,1-3H3,(H,25,27)(H,26,28). The summed E-state index contributed by atoms with van der Waals surface area (Å²) in [5.74, 6) is 4.06. The second-order valence-electron chi connectivity index (χ2n) is 8.31. The molecule has 2 aromatic carbocycles. The van der Waals surface area contributed by atoms with Crippen LogP contribution in [0.15, 0.2) is 36.7 Å². The summed E-state index contributed by atoms with van der Waals surface area (Å²) in [4.78, 5) is 15.6. The molecule has 0 unspecified atom stereocenters. The van der Waals surface area contributed by atoms with E-state index in [1.165, 1.54) is 0 Å². The zero-order chi connectivity index (χ0) is 20.4. The average Bonchev–Trinajstić information content (AvgIpc) is 3.41. The molecule has 2 aliphatic heterocycles. The minimum atomic E-state index is 0.358. The zero-order valence-electron chi connectivity index (χ0n) is 17.2. The molecular formula is C24H22N4O2. The Bertz CT molecular complexity index is 1250. The van der Waals surface area contributed by atoms with Gasteiger partial charge in [-0.3, -0.25) is 0 Å². The van der Waals surface area contributed by atoms with Crippen LogP contribution in [0.3, 0.4) is 0 Å². The molecule has 6 rings (SSSR count). The number of aryl methyl sites for hydroxylation is 1. The van der Waals surface area contributed by atoms with Crippen molar-refractivity contribution in [2.75, 3.05) is 0 Å². The van der Waals surface area contributed by atoms with Gasteiger partial charge in [-0.05, 0) is 31.2 Å². The number of aromatic amines is 2. The molecule has 30 heavy (non-hydrogen) atoms. The number of ether oxygens (including phenoxy) is 2. The molecule has 0 fully saturated rings. The van der Waals surface area contributed by atoms with Crippen LogP contribution in [-0.4, -0.2) is 19.9 Å². The molecule has 0 atom stereocenters. The highest BCUT2D eigenvalue weighted by molar-refractivity contribution is 5.88. The van der Waals surface area contributed by atoms with Crippen LogP contribution >= 0.6 is 0 Å². The van der Waals surface area contributed by atoms with E-state index in [4.69, 9.17) is 9.47 Å². The maximum absolute atomic E-state index is 6.22. The summed E-state index contributed by atoms with van der Waals surface area (Å²) < 4.78 is 12.4. The van der Waals surface area contributed by atoms with Gasteiger partial charge in [-0.2, -0.15) is 0 Å². The molecule has 6 nitrogen and oxygen atoms in total. The molecule has 0 radical (unpaired) electrons. The van der Waals surface area contributed by atoms with Crippen molar-refractivity contribution in [2.45, 2.75) is 39.9 Å². The molecule has 150 valence electrons. The van der Waals surface area contributed by atoms with Gasteiger partial charge in [0.15, 0.2) is 0 Å². The van der Waals surface area contributed by atoms with Gasteiger partial charge < -0.3 is 19.4 Å². The first kappa shape index (κ1) is 17.3. The SMILES string of the molecule is Cc1ncc(-c2cc3c4c(c2)OCc2cc(-c5cnc(C(C)C)[nH]5)cc(c2-4)OC3)[nH]1. The summed E-state index contributed by atoms with van der Waals surface area (Å²) in [6, 6.07) is 8.57. The summed E-state index contributed by atoms with van der Waals surface area (Å²) in [5.41, 5.74) is 8.71. The maximum atomic E-state index is 6.22. The van der Waals surface area contributed by atoms with E-state index >= 15 is 0 Å². The van der Waals surface area contributed by atoms with Crippen molar-refractivity contribution in [3.8, 4) is 45.1 Å². The molecule has 0 aliphatic carbocycles. The van der Waals surface area contributed by atoms with E-state index in [9.17, 15) is 0 Å². The Morgan fingerprint density at radius 3 is 1.87 bits per heavy atom. The molecule has 4 heterocycles. The Hall–Kier alpha value is -3.54. The fourth-order valence-electron chi connectivity index (χ4n) is 4.34. The van der Waals surface area contributed by atoms with E-state index < -0.39 is 0 Å². The molecule has 2 aliphatic rings. The predicted octanol–water partition coefficient (Wildman–Crippen LogP) is 5.35. The lowest BCUT2D eigenvalue weighted by Gasteiger charge is -2.30. The van der Waals surface area contributed by atoms with E-state index in [1.807, 2.05) is 19.3 Å². The monoisotopic (exact) mass is 398 g/mol. The second kappa shape index (κ2) is 6.23. The molecule has 2 aromatic heterocycles. The highest BCUT2D eigenvalue weighted by Gasteiger charge is 2.30. The fourth-order valence-corrected chi connectivity index (χ4v) is 4.34. The molecular weight excluding hydrogens is 376 g/mol. The number of H-pyrrole nitrogens is 2. The van der Waals surface area contributed by atoms with Gasteiger partial charge in [0.1, 0.15) is 36.4 Å². The van der Waals surface area contributed by atoms with Gasteiger partial charge in [0.25, 0.3) is 0 Å². The fraction of sp³-hybridized carbons (Fsp3) is 0.250. The highest BCUT2D eigenvalue weighted by atomic mass is 16.5. The van der Waals surface area contributed by atoms with Crippen LogP contribution in [-0.2, 0) is 13.2 Å². The third kappa shape index (κ3) is 2.56. The molecule has 0 bridgehead atoms. The number of hydrogen-bond acceptors (Lipinski definition) is 4. The molecule has 0 amide bonds. The Balaban J connectivity index is 1.47. The third-order valence-electron chi connectivity index (χ3n) is 5.85. The quantitative estimate of drug-likeness (QED) is 0.488. The minimum absolute atomic E-state index is 0.358. The molecule has 6 heteroatoms. The summed E-state index contributed by atoms with van der Waals surface area (Å²) >= 11 is 0. The Morgan fingerprint density at radius 1 is 0.800 bits per heavy atom. The van der Waals surface area contributed by atoms with E-state index in [0.29, 0.717) is 19.1 Å². The number of nitrogens with zero attached hydrogens (tertiary/aromatic N) is 2. The van der Waals surface area contributed by atoms with Crippen molar-refractivity contribution in [1.29, 1.82) is 0 Å². The van der Waals surface area contributed by atoms with Crippen molar-refractivity contribution in [3.63, 3.8) is 0 Å². The van der Waals surface area contributed by atoms with E-state index in [0.717, 1.165) is 67.9 Å². The summed E-state index contributed by atoms with van der Waals surface area (Å²) in [7, 11) is 0. The van der Waals surface area contributed by atoms with Crippen LogP contribution in [0.4, 0.5) is 0 Å². The van der Waals surface area contributed by atoms with E-state index in [1.54, 1.807) is 0 Å². The first-order chi connectivity index (χ1) is 14.6. The van der Waals surface area contributed by atoms with Crippen molar-refractivity contribution < 1.29 is 9.47 Å². The highest BCUT2D eigenvalue weighted by Crippen LogP contribution is 2.50. The summed E-state index contributed by atoms with van der Waals surface area (Å²) in [6.07, 6.45) is 3.76.